The number of nitrogens with zero attached hydrogens (tertiary/aromatic N) is 2. The number of nitrogens with one attached hydrogen (secondary N) is 1. The van der Waals surface area contributed by atoms with Gasteiger partial charge >= 0.3 is 0 Å². The second-order valence-corrected chi connectivity index (χ2v) is 5.23. The van der Waals surface area contributed by atoms with E-state index in [2.05, 4.69) is 31.2 Å². The highest BCUT2D eigenvalue weighted by Gasteiger charge is 2.06. The van der Waals surface area contributed by atoms with Crippen LogP contribution in [-0.2, 0) is 6.42 Å². The average molecular weight is 345 g/mol. The molecule has 0 fully saturated rings. The zero-order valence-electron chi connectivity index (χ0n) is 10.3. The van der Waals surface area contributed by atoms with Gasteiger partial charge in [-0.25, -0.2) is 14.4 Å². The van der Waals surface area contributed by atoms with E-state index in [1.165, 1.54) is 12.1 Å². The summed E-state index contributed by atoms with van der Waals surface area (Å²) in [5, 5.41) is 3.40. The molecule has 0 atom stereocenters. The SMILES string of the molecule is CCCc1nc(Cl)cc(Nc2cc(F)ccc2Br)n1. The Hall–Kier alpha value is -1.20. The van der Waals surface area contributed by atoms with E-state index in [4.69, 9.17) is 11.6 Å². The molecule has 0 bridgehead atoms. The third-order valence-corrected chi connectivity index (χ3v) is 3.29. The fourth-order valence-electron chi connectivity index (χ4n) is 1.60. The first-order valence-corrected chi connectivity index (χ1v) is 7.01. The van der Waals surface area contributed by atoms with Gasteiger partial charge in [-0.3, -0.25) is 0 Å². The van der Waals surface area contributed by atoms with Gasteiger partial charge in [0, 0.05) is 17.0 Å². The predicted octanol–water partition coefficient (Wildman–Crippen LogP) is 4.73. The third-order valence-electron chi connectivity index (χ3n) is 2.41. The lowest BCUT2D eigenvalue weighted by atomic mass is 10.3. The number of hydrogen-bond acceptors (Lipinski definition) is 3. The predicted molar refractivity (Wildman–Crippen MR) is 78.4 cm³/mol. The third kappa shape index (κ3) is 3.88. The highest BCUT2D eigenvalue weighted by molar-refractivity contribution is 9.10. The van der Waals surface area contributed by atoms with E-state index in [0.717, 1.165) is 17.3 Å². The van der Waals surface area contributed by atoms with E-state index in [-0.39, 0.29) is 5.82 Å². The van der Waals surface area contributed by atoms with Crippen molar-refractivity contribution in [3.8, 4) is 0 Å². The summed E-state index contributed by atoms with van der Waals surface area (Å²) in [6.45, 7) is 2.04. The van der Waals surface area contributed by atoms with Crippen molar-refractivity contribution in [2.24, 2.45) is 0 Å². The fourth-order valence-corrected chi connectivity index (χ4v) is 2.14. The molecule has 0 saturated heterocycles. The van der Waals surface area contributed by atoms with Crippen LogP contribution in [0.5, 0.6) is 0 Å². The quantitative estimate of drug-likeness (QED) is 0.815. The Morgan fingerprint density at radius 1 is 1.32 bits per heavy atom. The number of anilines is 2. The van der Waals surface area contributed by atoms with Crippen molar-refractivity contribution in [1.29, 1.82) is 0 Å². The van der Waals surface area contributed by atoms with Crippen LogP contribution < -0.4 is 5.32 Å². The van der Waals surface area contributed by atoms with Gasteiger partial charge in [-0.1, -0.05) is 18.5 Å². The summed E-state index contributed by atoms with van der Waals surface area (Å²) < 4.78 is 14.0. The van der Waals surface area contributed by atoms with Crippen LogP contribution in [0.4, 0.5) is 15.9 Å². The van der Waals surface area contributed by atoms with Crippen LogP contribution in [0.25, 0.3) is 0 Å². The Kier molecular flexibility index (Phi) is 4.71. The molecule has 0 radical (unpaired) electrons. The van der Waals surface area contributed by atoms with Crippen molar-refractivity contribution in [3.63, 3.8) is 0 Å². The average Bonchev–Trinajstić information content (AvgIpc) is 2.33. The molecule has 1 heterocycles. The lowest BCUT2D eigenvalue weighted by molar-refractivity contribution is 0.628. The Morgan fingerprint density at radius 2 is 2.11 bits per heavy atom. The molecular weight excluding hydrogens is 333 g/mol. The van der Waals surface area contributed by atoms with E-state index in [0.29, 0.717) is 22.5 Å². The standard InChI is InChI=1S/C13H12BrClFN3/c1-2-3-12-18-11(15)7-13(19-12)17-10-6-8(16)4-5-9(10)14/h4-7H,2-3H2,1H3,(H,17,18,19). The molecule has 0 aliphatic carbocycles. The monoisotopic (exact) mass is 343 g/mol. The first kappa shape index (κ1) is 14.2. The summed E-state index contributed by atoms with van der Waals surface area (Å²) in [4.78, 5) is 8.47. The first-order chi connectivity index (χ1) is 9.08. The minimum atomic E-state index is -0.320. The van der Waals surface area contributed by atoms with Crippen LogP contribution in [0, 0.1) is 5.82 Å². The Morgan fingerprint density at radius 3 is 2.84 bits per heavy atom. The molecule has 0 unspecified atom stereocenters. The molecule has 19 heavy (non-hydrogen) atoms. The molecule has 0 aliphatic heterocycles. The summed E-state index contributed by atoms with van der Waals surface area (Å²) in [5.41, 5.74) is 0.595. The number of rotatable bonds is 4. The highest BCUT2D eigenvalue weighted by atomic mass is 79.9. The van der Waals surface area contributed by atoms with Crippen LogP contribution >= 0.6 is 27.5 Å². The number of benzene rings is 1. The van der Waals surface area contributed by atoms with E-state index in [1.54, 1.807) is 12.1 Å². The van der Waals surface area contributed by atoms with Gasteiger partial charge in [0.2, 0.25) is 0 Å². The van der Waals surface area contributed by atoms with Crippen molar-refractivity contribution >= 4 is 39.0 Å². The molecule has 0 saturated carbocycles. The highest BCUT2D eigenvalue weighted by Crippen LogP contribution is 2.26. The second-order valence-electron chi connectivity index (χ2n) is 3.99. The Bertz CT molecular complexity index is 592. The molecule has 0 amide bonds. The van der Waals surface area contributed by atoms with Crippen LogP contribution in [-0.4, -0.2) is 9.97 Å². The number of halogens is 3. The van der Waals surface area contributed by atoms with Gasteiger partial charge in [-0.15, -0.1) is 0 Å². The van der Waals surface area contributed by atoms with Gasteiger partial charge in [0.1, 0.15) is 22.6 Å². The van der Waals surface area contributed by atoms with Gasteiger partial charge in [0.25, 0.3) is 0 Å². The van der Waals surface area contributed by atoms with Crippen molar-refractivity contribution in [2.45, 2.75) is 19.8 Å². The minimum Gasteiger partial charge on any atom is -0.339 e. The summed E-state index contributed by atoms with van der Waals surface area (Å²) >= 11 is 9.30. The zero-order valence-corrected chi connectivity index (χ0v) is 12.6. The largest absolute Gasteiger partial charge is 0.339 e. The molecule has 2 rings (SSSR count). The summed E-state index contributed by atoms with van der Waals surface area (Å²) in [6, 6.07) is 6.01. The molecule has 1 aromatic carbocycles. The topological polar surface area (TPSA) is 37.8 Å². The molecule has 3 nitrogen and oxygen atoms in total. The van der Waals surface area contributed by atoms with Crippen LogP contribution in [0.2, 0.25) is 5.15 Å². The van der Waals surface area contributed by atoms with E-state index < -0.39 is 0 Å². The molecule has 0 spiro atoms. The molecule has 100 valence electrons. The molecular formula is C13H12BrClFN3. The summed E-state index contributed by atoms with van der Waals surface area (Å²) in [7, 11) is 0. The fraction of sp³-hybridized carbons (Fsp3) is 0.231. The Labute approximate surface area is 124 Å². The molecule has 0 aliphatic rings. The van der Waals surface area contributed by atoms with Gasteiger partial charge in [-0.05, 0) is 40.5 Å². The van der Waals surface area contributed by atoms with Crippen LogP contribution in [0.1, 0.15) is 19.2 Å². The molecule has 2 aromatic rings. The maximum atomic E-state index is 13.2. The van der Waals surface area contributed by atoms with E-state index in [1.807, 2.05) is 6.92 Å². The normalized spacial score (nSPS) is 10.5. The minimum absolute atomic E-state index is 0.320. The first-order valence-electron chi connectivity index (χ1n) is 5.84. The van der Waals surface area contributed by atoms with Crippen molar-refractivity contribution in [2.75, 3.05) is 5.32 Å². The Balaban J connectivity index is 2.29. The van der Waals surface area contributed by atoms with Gasteiger partial charge in [0.05, 0.1) is 5.69 Å². The van der Waals surface area contributed by atoms with Gasteiger partial charge < -0.3 is 5.32 Å². The van der Waals surface area contributed by atoms with Gasteiger partial charge in [-0.2, -0.15) is 0 Å². The lowest BCUT2D eigenvalue weighted by Crippen LogP contribution is -2.01. The maximum Gasteiger partial charge on any atom is 0.135 e. The van der Waals surface area contributed by atoms with Gasteiger partial charge in [0.15, 0.2) is 0 Å². The second kappa shape index (κ2) is 6.30. The van der Waals surface area contributed by atoms with Crippen molar-refractivity contribution < 1.29 is 4.39 Å². The smallest absolute Gasteiger partial charge is 0.135 e. The van der Waals surface area contributed by atoms with E-state index >= 15 is 0 Å². The number of aryl methyl sites for hydroxylation is 1. The van der Waals surface area contributed by atoms with Crippen LogP contribution in [0.3, 0.4) is 0 Å². The molecule has 1 aromatic heterocycles. The summed E-state index contributed by atoms with van der Waals surface area (Å²) in [5.74, 6) is 0.902. The van der Waals surface area contributed by atoms with Crippen molar-refractivity contribution in [3.05, 3.63) is 45.5 Å². The summed E-state index contributed by atoms with van der Waals surface area (Å²) in [6.07, 6.45) is 1.68. The maximum absolute atomic E-state index is 13.2. The molecule has 6 heteroatoms. The van der Waals surface area contributed by atoms with Crippen LogP contribution in [0.15, 0.2) is 28.7 Å². The van der Waals surface area contributed by atoms with Crippen molar-refractivity contribution in [1.82, 2.24) is 9.97 Å². The lowest BCUT2D eigenvalue weighted by Gasteiger charge is -2.09. The van der Waals surface area contributed by atoms with E-state index in [9.17, 15) is 4.39 Å². The number of hydrogen-bond donors (Lipinski definition) is 1. The molecule has 1 N–H and O–H groups in total. The number of aromatic nitrogens is 2. The zero-order chi connectivity index (χ0) is 13.8.